The number of hydrogen-bond donors (Lipinski definition) is 1. The van der Waals surface area contributed by atoms with Gasteiger partial charge in [-0.2, -0.15) is 5.10 Å². The van der Waals surface area contributed by atoms with Crippen molar-refractivity contribution in [1.29, 1.82) is 0 Å². The highest BCUT2D eigenvalue weighted by Gasteiger charge is 2.35. The van der Waals surface area contributed by atoms with E-state index < -0.39 is 0 Å². The first-order valence-corrected chi connectivity index (χ1v) is 9.96. The van der Waals surface area contributed by atoms with Gasteiger partial charge in [0, 0.05) is 36.8 Å². The summed E-state index contributed by atoms with van der Waals surface area (Å²) in [4.78, 5) is 15.0. The zero-order valence-electron chi connectivity index (χ0n) is 17.4. The number of carbonyl (C=O) groups is 1. The van der Waals surface area contributed by atoms with Gasteiger partial charge in [0.2, 0.25) is 5.91 Å². The average Bonchev–Trinajstić information content (AvgIpc) is 3.19. The summed E-state index contributed by atoms with van der Waals surface area (Å²) in [5.74, 6) is 1.36. The first-order valence-electron chi connectivity index (χ1n) is 9.96. The van der Waals surface area contributed by atoms with Gasteiger partial charge in [-0.3, -0.25) is 9.48 Å². The molecular weight excluding hydrogens is 372 g/mol. The molecule has 6 heteroatoms. The molecular formula is C22H33ClN4O. The van der Waals surface area contributed by atoms with E-state index in [0.717, 1.165) is 36.6 Å². The number of aromatic nitrogens is 2. The number of halogens is 1. The molecule has 0 radical (unpaired) electrons. The fourth-order valence-corrected chi connectivity index (χ4v) is 4.17. The Kier molecular flexibility index (Phi) is 7.67. The van der Waals surface area contributed by atoms with E-state index in [1.165, 1.54) is 5.56 Å². The van der Waals surface area contributed by atoms with Gasteiger partial charge in [0.1, 0.15) is 0 Å². The predicted molar refractivity (Wildman–Crippen MR) is 116 cm³/mol. The Morgan fingerprint density at radius 2 is 1.89 bits per heavy atom. The van der Waals surface area contributed by atoms with Gasteiger partial charge < -0.3 is 10.6 Å². The number of amides is 1. The average molecular weight is 405 g/mol. The Labute approximate surface area is 174 Å². The molecule has 1 saturated heterocycles. The SMILES string of the molecule is Cc1nn(CC(C)C)c(C)c1CC(=O)N1C[C@@H](CN)[C@H](c2ccccc2)C1.Cl. The van der Waals surface area contributed by atoms with E-state index >= 15 is 0 Å². The number of likely N-dealkylation sites (tertiary alicyclic amines) is 1. The molecule has 3 rings (SSSR count). The minimum Gasteiger partial charge on any atom is -0.341 e. The van der Waals surface area contributed by atoms with Crippen molar-refractivity contribution in [3.8, 4) is 0 Å². The van der Waals surface area contributed by atoms with Gasteiger partial charge in [-0.05, 0) is 37.8 Å². The highest BCUT2D eigenvalue weighted by atomic mass is 35.5. The van der Waals surface area contributed by atoms with Crippen LogP contribution in [0.2, 0.25) is 0 Å². The van der Waals surface area contributed by atoms with Crippen molar-refractivity contribution in [2.75, 3.05) is 19.6 Å². The van der Waals surface area contributed by atoms with E-state index in [-0.39, 0.29) is 18.3 Å². The predicted octanol–water partition coefficient (Wildman–Crippen LogP) is 3.32. The number of rotatable bonds is 6. The van der Waals surface area contributed by atoms with Crippen LogP contribution < -0.4 is 5.73 Å². The second-order valence-electron chi connectivity index (χ2n) is 8.21. The van der Waals surface area contributed by atoms with Gasteiger partial charge >= 0.3 is 0 Å². The second kappa shape index (κ2) is 9.57. The van der Waals surface area contributed by atoms with Crippen molar-refractivity contribution in [2.24, 2.45) is 17.6 Å². The van der Waals surface area contributed by atoms with Crippen LogP contribution in [0, 0.1) is 25.7 Å². The van der Waals surface area contributed by atoms with E-state index in [4.69, 9.17) is 5.73 Å². The Bertz CT molecular complexity index is 787. The summed E-state index contributed by atoms with van der Waals surface area (Å²) in [6.07, 6.45) is 0.425. The van der Waals surface area contributed by atoms with Crippen LogP contribution in [0.5, 0.6) is 0 Å². The molecule has 28 heavy (non-hydrogen) atoms. The number of aryl methyl sites for hydroxylation is 1. The van der Waals surface area contributed by atoms with Gasteiger partial charge in [0.15, 0.2) is 0 Å². The molecule has 0 saturated carbocycles. The Balaban J connectivity index is 0.00000280. The van der Waals surface area contributed by atoms with E-state index in [2.05, 4.69) is 50.1 Å². The molecule has 154 valence electrons. The van der Waals surface area contributed by atoms with Crippen molar-refractivity contribution in [3.05, 3.63) is 52.8 Å². The molecule has 2 heterocycles. The largest absolute Gasteiger partial charge is 0.341 e. The van der Waals surface area contributed by atoms with Crippen molar-refractivity contribution in [2.45, 2.75) is 46.6 Å². The van der Waals surface area contributed by atoms with Crippen molar-refractivity contribution in [1.82, 2.24) is 14.7 Å². The number of hydrogen-bond acceptors (Lipinski definition) is 3. The third-order valence-corrected chi connectivity index (χ3v) is 5.72. The molecule has 1 aliphatic heterocycles. The molecule has 1 aromatic heterocycles. The smallest absolute Gasteiger partial charge is 0.227 e. The molecule has 1 fully saturated rings. The van der Waals surface area contributed by atoms with Crippen molar-refractivity contribution >= 4 is 18.3 Å². The van der Waals surface area contributed by atoms with Crippen molar-refractivity contribution in [3.63, 3.8) is 0 Å². The summed E-state index contributed by atoms with van der Waals surface area (Å²) >= 11 is 0. The second-order valence-corrected chi connectivity index (χ2v) is 8.21. The fourth-order valence-electron chi connectivity index (χ4n) is 4.17. The van der Waals surface area contributed by atoms with Crippen LogP contribution in [0.15, 0.2) is 30.3 Å². The fraction of sp³-hybridized carbons (Fsp3) is 0.545. The van der Waals surface area contributed by atoms with Crippen LogP contribution in [0.3, 0.4) is 0 Å². The van der Waals surface area contributed by atoms with Crippen LogP contribution in [-0.4, -0.2) is 40.2 Å². The van der Waals surface area contributed by atoms with Gasteiger partial charge in [-0.1, -0.05) is 44.2 Å². The lowest BCUT2D eigenvalue weighted by atomic mass is 9.89. The first kappa shape index (κ1) is 22.4. The van der Waals surface area contributed by atoms with E-state index in [1.807, 2.05) is 22.6 Å². The van der Waals surface area contributed by atoms with E-state index in [0.29, 0.717) is 30.7 Å². The highest BCUT2D eigenvalue weighted by molar-refractivity contribution is 5.85. The lowest BCUT2D eigenvalue weighted by Crippen LogP contribution is -2.31. The summed E-state index contributed by atoms with van der Waals surface area (Å²) in [6.45, 7) is 11.4. The number of nitrogens with zero attached hydrogens (tertiary/aromatic N) is 3. The summed E-state index contributed by atoms with van der Waals surface area (Å²) in [5, 5.41) is 4.65. The molecule has 1 aliphatic rings. The Morgan fingerprint density at radius 1 is 1.21 bits per heavy atom. The first-order chi connectivity index (χ1) is 12.9. The highest BCUT2D eigenvalue weighted by Crippen LogP contribution is 2.32. The maximum atomic E-state index is 13.0. The maximum absolute atomic E-state index is 13.0. The van der Waals surface area contributed by atoms with Crippen LogP contribution in [0.1, 0.15) is 42.3 Å². The number of benzene rings is 1. The third kappa shape index (κ3) is 4.76. The Hall–Kier alpha value is -1.85. The van der Waals surface area contributed by atoms with Crippen LogP contribution in [0.25, 0.3) is 0 Å². The summed E-state index contributed by atoms with van der Waals surface area (Å²) in [5.41, 5.74) is 10.5. The zero-order chi connectivity index (χ0) is 19.6. The van der Waals surface area contributed by atoms with Gasteiger partial charge in [-0.15, -0.1) is 12.4 Å². The standard InChI is InChI=1S/C22H32N4O.ClH/c1-15(2)12-26-17(4)20(16(3)24-26)10-22(27)25-13-19(11-23)21(14-25)18-8-6-5-7-9-18;/h5-9,15,19,21H,10-14,23H2,1-4H3;1H/t19-,21+;/m1./s1. The zero-order valence-corrected chi connectivity index (χ0v) is 18.2. The molecule has 2 N–H and O–H groups in total. The molecule has 1 amide bonds. The minimum absolute atomic E-state index is 0. The monoisotopic (exact) mass is 404 g/mol. The quantitative estimate of drug-likeness (QED) is 0.803. The van der Waals surface area contributed by atoms with E-state index in [9.17, 15) is 4.79 Å². The molecule has 0 spiro atoms. The van der Waals surface area contributed by atoms with E-state index in [1.54, 1.807) is 0 Å². The van der Waals surface area contributed by atoms with Gasteiger partial charge in [-0.25, -0.2) is 0 Å². The molecule has 0 bridgehead atoms. The Morgan fingerprint density at radius 3 is 2.50 bits per heavy atom. The molecule has 0 aliphatic carbocycles. The number of nitrogens with two attached hydrogens (primary N) is 1. The lowest BCUT2D eigenvalue weighted by Gasteiger charge is -2.17. The molecule has 2 atom stereocenters. The van der Waals surface area contributed by atoms with Gasteiger partial charge in [0.05, 0.1) is 12.1 Å². The summed E-state index contributed by atoms with van der Waals surface area (Å²) in [6, 6.07) is 10.4. The van der Waals surface area contributed by atoms with Gasteiger partial charge in [0.25, 0.3) is 0 Å². The van der Waals surface area contributed by atoms with Crippen LogP contribution in [-0.2, 0) is 17.8 Å². The summed E-state index contributed by atoms with van der Waals surface area (Å²) in [7, 11) is 0. The third-order valence-electron chi connectivity index (χ3n) is 5.72. The van der Waals surface area contributed by atoms with Crippen LogP contribution in [0.4, 0.5) is 0 Å². The minimum atomic E-state index is 0. The van der Waals surface area contributed by atoms with Crippen LogP contribution >= 0.6 is 12.4 Å². The summed E-state index contributed by atoms with van der Waals surface area (Å²) < 4.78 is 2.04. The topological polar surface area (TPSA) is 64.2 Å². The molecule has 0 unspecified atom stereocenters. The molecule has 2 aromatic rings. The van der Waals surface area contributed by atoms with Crippen molar-refractivity contribution < 1.29 is 4.79 Å². The molecule has 5 nitrogen and oxygen atoms in total. The number of carbonyl (C=O) groups excluding carboxylic acids is 1. The maximum Gasteiger partial charge on any atom is 0.227 e. The normalized spacial score (nSPS) is 19.1. The lowest BCUT2D eigenvalue weighted by molar-refractivity contribution is -0.129. The molecule has 1 aromatic carbocycles.